The number of rotatable bonds is 3. The highest BCUT2D eigenvalue weighted by molar-refractivity contribution is 5.76. The molecule has 16 heavy (non-hydrogen) atoms. The van der Waals surface area contributed by atoms with Crippen LogP contribution in [-0.4, -0.2) is 18.1 Å². The van der Waals surface area contributed by atoms with Gasteiger partial charge in [-0.3, -0.25) is 10.1 Å². The van der Waals surface area contributed by atoms with Gasteiger partial charge >= 0.3 is 0 Å². The zero-order valence-corrected chi connectivity index (χ0v) is 9.49. The number of para-hydroxylation sites is 1. The van der Waals surface area contributed by atoms with Gasteiger partial charge in [0.05, 0.1) is 12.6 Å². The molecule has 0 saturated carbocycles. The molecule has 0 bridgehead atoms. The van der Waals surface area contributed by atoms with Gasteiger partial charge in [-0.1, -0.05) is 18.2 Å². The van der Waals surface area contributed by atoms with Crippen LogP contribution >= 0.6 is 0 Å². The van der Waals surface area contributed by atoms with Crippen LogP contribution in [-0.2, 0) is 4.79 Å². The molecule has 1 aromatic carbocycles. The van der Waals surface area contributed by atoms with Crippen molar-refractivity contribution < 1.29 is 9.53 Å². The van der Waals surface area contributed by atoms with Gasteiger partial charge in [-0.05, 0) is 19.9 Å². The van der Waals surface area contributed by atoms with E-state index in [4.69, 9.17) is 10.5 Å². The van der Waals surface area contributed by atoms with Gasteiger partial charge in [0.2, 0.25) is 5.91 Å². The third kappa shape index (κ3) is 1.88. The Morgan fingerprint density at radius 3 is 2.88 bits per heavy atom. The largest absolute Gasteiger partial charge is 0.486 e. The number of benzene rings is 1. The Kier molecular flexibility index (Phi) is 2.59. The first-order chi connectivity index (χ1) is 7.50. The normalized spacial score (nSPS) is 21.2. The van der Waals surface area contributed by atoms with E-state index in [-0.39, 0.29) is 24.1 Å². The molecule has 1 aliphatic heterocycles. The van der Waals surface area contributed by atoms with Crippen LogP contribution in [0.15, 0.2) is 24.3 Å². The average Bonchev–Trinajstić information content (AvgIpc) is 2.44. The van der Waals surface area contributed by atoms with E-state index in [1.54, 1.807) is 0 Å². The van der Waals surface area contributed by atoms with Crippen LogP contribution < -0.4 is 15.8 Å². The summed E-state index contributed by atoms with van der Waals surface area (Å²) in [4.78, 5) is 10.8. The van der Waals surface area contributed by atoms with Crippen molar-refractivity contribution in [1.29, 1.82) is 0 Å². The van der Waals surface area contributed by atoms with Gasteiger partial charge in [0, 0.05) is 5.56 Å². The molecule has 0 aromatic heterocycles. The first kappa shape index (κ1) is 11.0. The molecule has 0 aliphatic carbocycles. The number of carbonyl (C=O) groups excluding carboxylic acids is 1. The summed E-state index contributed by atoms with van der Waals surface area (Å²) >= 11 is 0. The van der Waals surface area contributed by atoms with Gasteiger partial charge in [-0.25, -0.2) is 0 Å². The molecule has 1 aliphatic rings. The number of carbonyl (C=O) groups is 1. The molecule has 86 valence electrons. The first-order valence-electron chi connectivity index (χ1n) is 5.30. The van der Waals surface area contributed by atoms with Crippen molar-refractivity contribution in [1.82, 2.24) is 5.32 Å². The van der Waals surface area contributed by atoms with Crippen molar-refractivity contribution in [3.05, 3.63) is 29.8 Å². The lowest BCUT2D eigenvalue weighted by Gasteiger charge is -2.26. The van der Waals surface area contributed by atoms with Crippen molar-refractivity contribution in [2.75, 3.05) is 6.54 Å². The fourth-order valence-corrected chi connectivity index (χ4v) is 2.09. The molecule has 0 spiro atoms. The molecule has 0 radical (unpaired) electrons. The van der Waals surface area contributed by atoms with Gasteiger partial charge in [0.1, 0.15) is 11.4 Å². The smallest absolute Gasteiger partial charge is 0.231 e. The zero-order valence-electron chi connectivity index (χ0n) is 9.49. The third-order valence-corrected chi connectivity index (χ3v) is 2.78. The van der Waals surface area contributed by atoms with Crippen molar-refractivity contribution in [3.8, 4) is 5.75 Å². The van der Waals surface area contributed by atoms with Crippen LogP contribution in [0, 0.1) is 0 Å². The van der Waals surface area contributed by atoms with Crippen molar-refractivity contribution >= 4 is 5.91 Å². The molecule has 1 unspecified atom stereocenters. The quantitative estimate of drug-likeness (QED) is 0.798. The molecule has 1 atom stereocenters. The van der Waals surface area contributed by atoms with E-state index in [1.807, 2.05) is 38.1 Å². The number of amides is 1. The number of hydrogen-bond donors (Lipinski definition) is 2. The molecule has 4 heteroatoms. The summed E-state index contributed by atoms with van der Waals surface area (Å²) in [6, 6.07) is 7.83. The number of fused-ring (bicyclic) bond motifs is 1. The Morgan fingerprint density at radius 2 is 2.19 bits per heavy atom. The number of ether oxygens (including phenoxy) is 1. The highest BCUT2D eigenvalue weighted by Gasteiger charge is 2.40. The second-order valence-electron chi connectivity index (χ2n) is 4.52. The highest BCUT2D eigenvalue weighted by atomic mass is 16.5. The SMILES string of the molecule is CC1(C)Oc2ccccc2C1NCC(N)=O. The number of nitrogens with one attached hydrogen (secondary N) is 1. The fourth-order valence-electron chi connectivity index (χ4n) is 2.09. The Labute approximate surface area is 94.8 Å². The van der Waals surface area contributed by atoms with E-state index in [2.05, 4.69) is 5.32 Å². The minimum atomic E-state index is -0.362. The molecular formula is C12H16N2O2. The number of primary amides is 1. The molecule has 1 aromatic rings. The number of hydrogen-bond acceptors (Lipinski definition) is 3. The summed E-state index contributed by atoms with van der Waals surface area (Å²) in [5.74, 6) is 0.509. The summed E-state index contributed by atoms with van der Waals surface area (Å²) in [7, 11) is 0. The topological polar surface area (TPSA) is 64.3 Å². The summed E-state index contributed by atoms with van der Waals surface area (Å²) in [6.45, 7) is 4.14. The van der Waals surface area contributed by atoms with Gasteiger partial charge in [-0.2, -0.15) is 0 Å². The lowest BCUT2D eigenvalue weighted by Crippen LogP contribution is -2.42. The van der Waals surface area contributed by atoms with Crippen molar-refractivity contribution in [2.45, 2.75) is 25.5 Å². The van der Waals surface area contributed by atoms with E-state index in [9.17, 15) is 4.79 Å². The maximum absolute atomic E-state index is 10.8. The molecule has 1 heterocycles. The Bertz CT molecular complexity index is 415. The van der Waals surface area contributed by atoms with E-state index < -0.39 is 0 Å². The molecule has 4 nitrogen and oxygen atoms in total. The van der Waals surface area contributed by atoms with E-state index >= 15 is 0 Å². The first-order valence-corrected chi connectivity index (χ1v) is 5.30. The molecule has 2 rings (SSSR count). The fraction of sp³-hybridized carbons (Fsp3) is 0.417. The minimum Gasteiger partial charge on any atom is -0.486 e. The second kappa shape index (κ2) is 3.79. The molecule has 0 saturated heterocycles. The lowest BCUT2D eigenvalue weighted by molar-refractivity contribution is -0.117. The zero-order chi connectivity index (χ0) is 11.8. The van der Waals surface area contributed by atoms with Gasteiger partial charge < -0.3 is 10.5 Å². The molecule has 3 N–H and O–H groups in total. The standard InChI is InChI=1S/C12H16N2O2/c1-12(2)11(14-7-10(13)15)8-5-3-4-6-9(8)16-12/h3-6,11,14H,7H2,1-2H3,(H2,13,15). The maximum Gasteiger partial charge on any atom is 0.231 e. The van der Waals surface area contributed by atoms with Crippen LogP contribution in [0.1, 0.15) is 25.5 Å². The van der Waals surface area contributed by atoms with E-state index in [0.29, 0.717) is 0 Å². The van der Waals surface area contributed by atoms with Gasteiger partial charge in [-0.15, -0.1) is 0 Å². The molecule has 1 amide bonds. The lowest BCUT2D eigenvalue weighted by atomic mass is 9.94. The monoisotopic (exact) mass is 220 g/mol. The van der Waals surface area contributed by atoms with Gasteiger partial charge in [0.15, 0.2) is 0 Å². The van der Waals surface area contributed by atoms with Crippen LogP contribution in [0.25, 0.3) is 0 Å². The predicted molar refractivity (Wildman–Crippen MR) is 61.1 cm³/mol. The van der Waals surface area contributed by atoms with E-state index in [1.165, 1.54) is 0 Å². The summed E-state index contributed by atoms with van der Waals surface area (Å²) in [6.07, 6.45) is 0. The summed E-state index contributed by atoms with van der Waals surface area (Å²) in [5, 5.41) is 3.13. The van der Waals surface area contributed by atoms with Crippen molar-refractivity contribution in [3.63, 3.8) is 0 Å². The second-order valence-corrected chi connectivity index (χ2v) is 4.52. The summed E-state index contributed by atoms with van der Waals surface area (Å²) in [5.41, 5.74) is 5.85. The Morgan fingerprint density at radius 1 is 1.50 bits per heavy atom. The highest BCUT2D eigenvalue weighted by Crippen LogP contribution is 2.42. The summed E-state index contributed by atoms with van der Waals surface area (Å²) < 4.78 is 5.82. The molecular weight excluding hydrogens is 204 g/mol. The molecule has 0 fully saturated rings. The Hall–Kier alpha value is -1.55. The van der Waals surface area contributed by atoms with Crippen LogP contribution in [0.4, 0.5) is 0 Å². The van der Waals surface area contributed by atoms with Crippen LogP contribution in [0.3, 0.4) is 0 Å². The third-order valence-electron chi connectivity index (χ3n) is 2.78. The minimum absolute atomic E-state index is 0.00352. The van der Waals surface area contributed by atoms with Gasteiger partial charge in [0.25, 0.3) is 0 Å². The van der Waals surface area contributed by atoms with Crippen LogP contribution in [0.2, 0.25) is 0 Å². The predicted octanol–water partition coefficient (Wildman–Crippen LogP) is 0.974. The van der Waals surface area contributed by atoms with E-state index in [0.717, 1.165) is 11.3 Å². The number of nitrogens with two attached hydrogens (primary N) is 1. The maximum atomic E-state index is 10.8. The van der Waals surface area contributed by atoms with Crippen LogP contribution in [0.5, 0.6) is 5.75 Å². The van der Waals surface area contributed by atoms with Crippen molar-refractivity contribution in [2.24, 2.45) is 5.73 Å². The Balaban J connectivity index is 2.24. The average molecular weight is 220 g/mol.